The Morgan fingerprint density at radius 2 is 0.933 bits per heavy atom. The Balaban J connectivity index is 1.76. The molecule has 0 fully saturated rings. The molecule has 0 aromatic heterocycles. The quantitative estimate of drug-likeness (QED) is 0.263. The van der Waals surface area contributed by atoms with E-state index in [9.17, 15) is 0 Å². The molecule has 3 heteroatoms. The Bertz CT molecular complexity index is 970. The topological polar surface area (TPSA) is 0 Å². The summed E-state index contributed by atoms with van der Waals surface area (Å²) in [5.41, 5.74) is 1.36. The van der Waals surface area contributed by atoms with Gasteiger partial charge in [0.15, 0.2) is 0 Å². The van der Waals surface area contributed by atoms with E-state index in [1.807, 2.05) is 11.8 Å². The minimum absolute atomic E-state index is 0.992. The summed E-state index contributed by atoms with van der Waals surface area (Å²) >= 11 is 5.36. The maximum atomic E-state index is 3.43. The van der Waals surface area contributed by atoms with Crippen LogP contribution in [0.5, 0.6) is 0 Å². The third-order valence-electron chi connectivity index (χ3n) is 5.45. The second-order valence-corrected chi connectivity index (χ2v) is 13.9. The Labute approximate surface area is 192 Å². The predicted molar refractivity (Wildman–Crippen MR) is 137 cm³/mol. The summed E-state index contributed by atoms with van der Waals surface area (Å²) in [6.45, 7) is 0. The molecule has 0 N–H and O–H groups in total. The summed E-state index contributed by atoms with van der Waals surface area (Å²) in [7, 11) is -2.21. The van der Waals surface area contributed by atoms with Gasteiger partial charge in [-0.05, 0) is 0 Å². The zero-order valence-electron chi connectivity index (χ0n) is 16.8. The van der Waals surface area contributed by atoms with Crippen LogP contribution in [-0.4, -0.2) is 27.4 Å². The van der Waals surface area contributed by atoms with E-state index in [1.165, 1.54) is 24.9 Å². The number of benzene rings is 4. The van der Waals surface area contributed by atoms with Crippen molar-refractivity contribution in [1.29, 1.82) is 0 Å². The summed E-state index contributed by atoms with van der Waals surface area (Å²) < 4.78 is 1.38. The van der Waals surface area contributed by atoms with Crippen molar-refractivity contribution in [3.05, 3.63) is 127 Å². The number of rotatable bonds is 8. The molecule has 4 aromatic carbocycles. The van der Waals surface area contributed by atoms with Crippen LogP contribution < -0.4 is 15.6 Å². The molecule has 148 valence electrons. The van der Waals surface area contributed by atoms with Crippen LogP contribution in [0.25, 0.3) is 0 Å². The van der Waals surface area contributed by atoms with Crippen molar-refractivity contribution in [2.75, 3.05) is 0 Å². The van der Waals surface area contributed by atoms with Gasteiger partial charge in [-0.25, -0.2) is 0 Å². The van der Waals surface area contributed by atoms with E-state index in [-0.39, 0.29) is 0 Å². The summed E-state index contributed by atoms with van der Waals surface area (Å²) in [5.74, 6) is 0.992. The fraction of sp³-hybridized carbons (Fsp3) is 0.0741. The van der Waals surface area contributed by atoms with Gasteiger partial charge < -0.3 is 0 Å². The Hall–Kier alpha value is -2.16. The molecule has 0 bridgehead atoms. The molecule has 0 aliphatic rings. The molecule has 0 heterocycles. The van der Waals surface area contributed by atoms with E-state index in [0.717, 1.165) is 11.8 Å². The first-order valence-corrected chi connectivity index (χ1v) is 14.2. The molecule has 0 atom stereocenters. The molecular formula is C27H24SSeSi. The van der Waals surface area contributed by atoms with E-state index >= 15 is 0 Å². The van der Waals surface area contributed by atoms with E-state index in [0.29, 0.717) is 0 Å². The molecule has 0 aliphatic carbocycles. The molecule has 0 amide bonds. The summed E-state index contributed by atoms with van der Waals surface area (Å²) in [5, 5.41) is 4.36. The molecule has 30 heavy (non-hydrogen) atoms. The van der Waals surface area contributed by atoms with Crippen molar-refractivity contribution in [1.82, 2.24) is 0 Å². The Morgan fingerprint density at radius 3 is 1.33 bits per heavy atom. The summed E-state index contributed by atoms with van der Waals surface area (Å²) in [6.07, 6.45) is 0. The van der Waals surface area contributed by atoms with Gasteiger partial charge in [-0.15, -0.1) is 0 Å². The maximum absolute atomic E-state index is 3.43. The zero-order valence-corrected chi connectivity index (χ0v) is 20.3. The predicted octanol–water partition coefficient (Wildman–Crippen LogP) is 4.39. The molecule has 0 saturated heterocycles. The summed E-state index contributed by atoms with van der Waals surface area (Å²) in [4.78, 5) is 0. The molecule has 4 aromatic rings. The molecule has 0 nitrogen and oxygen atoms in total. The van der Waals surface area contributed by atoms with Crippen LogP contribution in [0.3, 0.4) is 0 Å². The van der Waals surface area contributed by atoms with Gasteiger partial charge in [0.1, 0.15) is 0 Å². The van der Waals surface area contributed by atoms with Crippen LogP contribution >= 0.6 is 11.8 Å². The van der Waals surface area contributed by atoms with E-state index in [1.54, 1.807) is 0 Å². The van der Waals surface area contributed by atoms with Crippen molar-refractivity contribution >= 4 is 54.7 Å². The third-order valence-corrected chi connectivity index (χ3v) is 13.1. The van der Waals surface area contributed by atoms with Gasteiger partial charge in [0, 0.05) is 0 Å². The first kappa shape index (κ1) is 21.1. The van der Waals surface area contributed by atoms with Gasteiger partial charge >= 0.3 is 193 Å². The van der Waals surface area contributed by atoms with Gasteiger partial charge in [0.05, 0.1) is 0 Å². The van der Waals surface area contributed by atoms with Crippen molar-refractivity contribution in [2.45, 2.75) is 11.8 Å². The molecule has 0 saturated carbocycles. The molecular weight excluding hydrogens is 463 g/mol. The first-order valence-electron chi connectivity index (χ1n) is 10.2. The van der Waals surface area contributed by atoms with E-state index in [4.69, 9.17) is 0 Å². The third kappa shape index (κ3) is 4.76. The normalized spacial score (nSPS) is 11.2. The van der Waals surface area contributed by atoms with Gasteiger partial charge in [0.25, 0.3) is 0 Å². The van der Waals surface area contributed by atoms with Crippen molar-refractivity contribution < 1.29 is 0 Å². The fourth-order valence-corrected chi connectivity index (χ4v) is 11.6. The molecule has 4 rings (SSSR count). The monoisotopic (exact) mass is 488 g/mol. The van der Waals surface area contributed by atoms with Crippen LogP contribution in [-0.2, 0) is 5.75 Å². The van der Waals surface area contributed by atoms with Crippen LogP contribution in [0.15, 0.2) is 121 Å². The van der Waals surface area contributed by atoms with E-state index in [2.05, 4.69) is 137 Å². The van der Waals surface area contributed by atoms with Gasteiger partial charge in [-0.3, -0.25) is 0 Å². The van der Waals surface area contributed by atoms with Gasteiger partial charge in [-0.2, -0.15) is 0 Å². The number of thioether (sulfide) groups is 1. The minimum atomic E-state index is -2.21. The SMILES string of the molecule is [Se]=C(C[Si](c1ccccc1)(c1ccccc1)c1ccccc1)SCc1ccccc1. The van der Waals surface area contributed by atoms with Crippen LogP contribution in [0.2, 0.25) is 6.04 Å². The molecule has 0 spiro atoms. The first-order chi connectivity index (χ1) is 14.8. The van der Waals surface area contributed by atoms with Gasteiger partial charge in [-0.1, -0.05) is 0 Å². The molecule has 0 aliphatic heterocycles. The second kappa shape index (κ2) is 10.2. The Kier molecular flexibility index (Phi) is 7.19. The standard InChI is InChI=1S/C27H24SSeSi/c29-27(28-21-23-13-5-1-6-14-23)22-30(24-15-7-2-8-16-24,25-17-9-3-10-18-25)26-19-11-4-12-20-26/h1-20H,21-22H2. The van der Waals surface area contributed by atoms with Gasteiger partial charge in [0.2, 0.25) is 0 Å². The van der Waals surface area contributed by atoms with Crippen molar-refractivity contribution in [2.24, 2.45) is 0 Å². The summed E-state index contributed by atoms with van der Waals surface area (Å²) in [6, 6.07) is 45.1. The average Bonchev–Trinajstić information content (AvgIpc) is 2.83. The second-order valence-electron chi connectivity index (χ2n) is 7.33. The molecule has 0 radical (unpaired) electrons. The molecule has 0 unspecified atom stereocenters. The average molecular weight is 488 g/mol. The van der Waals surface area contributed by atoms with Crippen LogP contribution in [0.1, 0.15) is 5.56 Å². The zero-order chi connectivity index (χ0) is 20.7. The number of hydrogen-bond acceptors (Lipinski definition) is 1. The fourth-order valence-electron chi connectivity index (χ4n) is 3.98. The number of hydrogen-bond donors (Lipinski definition) is 0. The van der Waals surface area contributed by atoms with Crippen molar-refractivity contribution in [3.8, 4) is 0 Å². The van der Waals surface area contributed by atoms with Crippen LogP contribution in [0.4, 0.5) is 0 Å². The van der Waals surface area contributed by atoms with Crippen LogP contribution in [0, 0.1) is 0 Å². The Morgan fingerprint density at radius 1 is 0.567 bits per heavy atom. The van der Waals surface area contributed by atoms with Crippen molar-refractivity contribution in [3.63, 3.8) is 0 Å². The van der Waals surface area contributed by atoms with E-state index < -0.39 is 8.07 Å².